The number of phenolic OH excluding ortho intramolecular Hbond substituents is 2. The van der Waals surface area contributed by atoms with Gasteiger partial charge in [0.05, 0.1) is 0 Å². The number of hydrogen-bond donors (Lipinski definition) is 2. The van der Waals surface area contributed by atoms with E-state index in [1.165, 1.54) is 6.42 Å². The smallest absolute Gasteiger partial charge is 0.127 e. The molecule has 0 bridgehead atoms. The first-order valence-corrected chi connectivity index (χ1v) is 8.23. The number of benzene rings is 1. The van der Waals surface area contributed by atoms with Gasteiger partial charge in [0.25, 0.3) is 0 Å². The summed E-state index contributed by atoms with van der Waals surface area (Å²) in [6.45, 7) is 10.7. The van der Waals surface area contributed by atoms with E-state index >= 15 is 0 Å². The molecule has 1 aromatic carbocycles. The molecule has 3 atom stereocenters. The summed E-state index contributed by atoms with van der Waals surface area (Å²) in [7, 11) is 0. The number of hydrogen-bond acceptors (Lipinski definition) is 3. The van der Waals surface area contributed by atoms with Crippen LogP contribution in [0.2, 0.25) is 0 Å². The Morgan fingerprint density at radius 2 is 1.91 bits per heavy atom. The maximum Gasteiger partial charge on any atom is 0.127 e. The highest BCUT2D eigenvalue weighted by atomic mass is 16.5. The lowest BCUT2D eigenvalue weighted by Gasteiger charge is -2.38. The zero-order valence-electron chi connectivity index (χ0n) is 13.9. The Morgan fingerprint density at radius 3 is 2.45 bits per heavy atom. The minimum atomic E-state index is 0.142. The van der Waals surface area contributed by atoms with E-state index in [1.54, 1.807) is 18.2 Å². The Balaban J connectivity index is 2.34. The molecule has 0 aromatic heterocycles. The summed E-state index contributed by atoms with van der Waals surface area (Å²) >= 11 is 0. The predicted octanol–water partition coefficient (Wildman–Crippen LogP) is 4.84. The summed E-state index contributed by atoms with van der Waals surface area (Å²) in [5.41, 5.74) is 0.691. The van der Waals surface area contributed by atoms with E-state index in [9.17, 15) is 10.2 Å². The second kappa shape index (κ2) is 7.08. The van der Waals surface area contributed by atoms with Crippen LogP contribution in [0.25, 0.3) is 0 Å². The molecule has 0 amide bonds. The highest BCUT2D eigenvalue weighted by Crippen LogP contribution is 2.50. The molecule has 1 aliphatic carbocycles. The standard InChI is InChI=1S/C19H28O3/c1-5-8-22-14-10-17(20)19(18(21)11-14)16-9-13(4)6-7-15(16)12(2)3/h5,10-13,15-16,20-21H,1,6-9H2,2-4H3. The molecule has 1 fully saturated rings. The molecule has 0 aliphatic heterocycles. The SMILES string of the molecule is C=CCOc1cc(O)c(C2CC(C)CCC2C(C)C)c(O)c1. The first-order valence-electron chi connectivity index (χ1n) is 8.23. The van der Waals surface area contributed by atoms with Crippen molar-refractivity contribution in [3.8, 4) is 17.2 Å². The van der Waals surface area contributed by atoms with Crippen LogP contribution in [0.5, 0.6) is 17.2 Å². The third-order valence-electron chi connectivity index (χ3n) is 4.87. The van der Waals surface area contributed by atoms with Gasteiger partial charge in [-0.3, -0.25) is 0 Å². The van der Waals surface area contributed by atoms with Gasteiger partial charge in [-0.2, -0.15) is 0 Å². The second-order valence-corrected chi connectivity index (χ2v) is 6.91. The lowest BCUT2D eigenvalue weighted by Crippen LogP contribution is -2.26. The first-order chi connectivity index (χ1) is 10.4. The second-order valence-electron chi connectivity index (χ2n) is 6.91. The molecule has 3 unspecified atom stereocenters. The molecule has 1 saturated carbocycles. The maximum atomic E-state index is 10.4. The number of aromatic hydroxyl groups is 2. The van der Waals surface area contributed by atoms with E-state index in [0.29, 0.717) is 35.7 Å². The minimum Gasteiger partial charge on any atom is -0.507 e. The molecule has 122 valence electrons. The average Bonchev–Trinajstić information content (AvgIpc) is 2.44. The topological polar surface area (TPSA) is 49.7 Å². The minimum absolute atomic E-state index is 0.142. The zero-order valence-corrected chi connectivity index (χ0v) is 13.9. The van der Waals surface area contributed by atoms with Gasteiger partial charge >= 0.3 is 0 Å². The van der Waals surface area contributed by atoms with Crippen molar-refractivity contribution in [2.75, 3.05) is 6.61 Å². The van der Waals surface area contributed by atoms with Crippen molar-refractivity contribution in [3.63, 3.8) is 0 Å². The molecule has 3 nitrogen and oxygen atoms in total. The molecule has 1 aromatic rings. The van der Waals surface area contributed by atoms with Gasteiger partial charge in [0.2, 0.25) is 0 Å². The van der Waals surface area contributed by atoms with Gasteiger partial charge in [0.1, 0.15) is 23.9 Å². The van der Waals surface area contributed by atoms with Crippen molar-refractivity contribution in [3.05, 3.63) is 30.4 Å². The van der Waals surface area contributed by atoms with Gasteiger partial charge in [-0.15, -0.1) is 0 Å². The summed E-state index contributed by atoms with van der Waals surface area (Å²) in [5.74, 6) is 2.62. The summed E-state index contributed by atoms with van der Waals surface area (Å²) in [5, 5.41) is 20.9. The fourth-order valence-electron chi connectivity index (χ4n) is 3.75. The molecule has 0 radical (unpaired) electrons. The van der Waals surface area contributed by atoms with Crippen LogP contribution in [-0.2, 0) is 0 Å². The highest BCUT2D eigenvalue weighted by molar-refractivity contribution is 5.51. The van der Waals surface area contributed by atoms with Crippen LogP contribution in [0.3, 0.4) is 0 Å². The molecule has 0 spiro atoms. The Labute approximate surface area is 133 Å². The number of ether oxygens (including phenoxy) is 1. The fraction of sp³-hybridized carbons (Fsp3) is 0.579. The number of phenols is 2. The molecule has 0 heterocycles. The van der Waals surface area contributed by atoms with Crippen molar-refractivity contribution >= 4 is 0 Å². The van der Waals surface area contributed by atoms with Crippen molar-refractivity contribution in [2.45, 2.75) is 46.0 Å². The van der Waals surface area contributed by atoms with Crippen LogP contribution >= 0.6 is 0 Å². The molecular weight excluding hydrogens is 276 g/mol. The van der Waals surface area contributed by atoms with Gasteiger partial charge in [0, 0.05) is 17.7 Å². The van der Waals surface area contributed by atoms with E-state index in [4.69, 9.17) is 4.74 Å². The third kappa shape index (κ3) is 3.57. The summed E-state index contributed by atoms with van der Waals surface area (Å²) in [6.07, 6.45) is 5.02. The van der Waals surface area contributed by atoms with E-state index < -0.39 is 0 Å². The lowest BCUT2D eigenvalue weighted by molar-refractivity contribution is 0.191. The summed E-state index contributed by atoms with van der Waals surface area (Å²) in [6, 6.07) is 3.21. The Bertz CT molecular complexity index is 498. The van der Waals surface area contributed by atoms with E-state index in [0.717, 1.165) is 12.8 Å². The Kier molecular flexibility index (Phi) is 5.38. The van der Waals surface area contributed by atoms with Gasteiger partial charge in [-0.05, 0) is 36.5 Å². The van der Waals surface area contributed by atoms with Crippen LogP contribution in [-0.4, -0.2) is 16.8 Å². The van der Waals surface area contributed by atoms with Gasteiger partial charge in [-0.25, -0.2) is 0 Å². The van der Waals surface area contributed by atoms with Crippen LogP contribution in [0, 0.1) is 17.8 Å². The summed E-state index contributed by atoms with van der Waals surface area (Å²) < 4.78 is 5.42. The molecule has 2 N–H and O–H groups in total. The van der Waals surface area contributed by atoms with E-state index in [-0.39, 0.29) is 17.4 Å². The summed E-state index contributed by atoms with van der Waals surface area (Å²) in [4.78, 5) is 0. The monoisotopic (exact) mass is 304 g/mol. The van der Waals surface area contributed by atoms with Crippen molar-refractivity contribution in [1.82, 2.24) is 0 Å². The molecule has 0 saturated heterocycles. The van der Waals surface area contributed by atoms with E-state index in [1.807, 2.05) is 0 Å². The van der Waals surface area contributed by atoms with Gasteiger partial charge < -0.3 is 14.9 Å². The molecular formula is C19H28O3. The highest BCUT2D eigenvalue weighted by Gasteiger charge is 2.35. The van der Waals surface area contributed by atoms with Gasteiger partial charge in [0.15, 0.2) is 0 Å². The maximum absolute atomic E-state index is 10.4. The van der Waals surface area contributed by atoms with Crippen LogP contribution in [0.1, 0.15) is 51.5 Å². The molecule has 2 rings (SSSR count). The van der Waals surface area contributed by atoms with Crippen LogP contribution in [0.4, 0.5) is 0 Å². The lowest BCUT2D eigenvalue weighted by atomic mass is 9.67. The average molecular weight is 304 g/mol. The number of rotatable bonds is 5. The van der Waals surface area contributed by atoms with Crippen LogP contribution < -0.4 is 4.74 Å². The Morgan fingerprint density at radius 1 is 1.27 bits per heavy atom. The molecule has 22 heavy (non-hydrogen) atoms. The van der Waals surface area contributed by atoms with Gasteiger partial charge in [-0.1, -0.05) is 39.8 Å². The molecule has 3 heteroatoms. The zero-order chi connectivity index (χ0) is 16.3. The first kappa shape index (κ1) is 16.7. The third-order valence-corrected chi connectivity index (χ3v) is 4.87. The van der Waals surface area contributed by atoms with E-state index in [2.05, 4.69) is 27.4 Å². The van der Waals surface area contributed by atoms with Crippen molar-refractivity contribution in [2.24, 2.45) is 17.8 Å². The van der Waals surface area contributed by atoms with Crippen molar-refractivity contribution < 1.29 is 14.9 Å². The Hall–Kier alpha value is -1.64. The van der Waals surface area contributed by atoms with Crippen molar-refractivity contribution in [1.29, 1.82) is 0 Å². The largest absolute Gasteiger partial charge is 0.507 e. The molecule has 1 aliphatic rings. The predicted molar refractivity (Wildman–Crippen MR) is 89.5 cm³/mol. The quantitative estimate of drug-likeness (QED) is 0.765. The normalized spacial score (nSPS) is 25.2. The fourth-order valence-corrected chi connectivity index (χ4v) is 3.75. The van der Waals surface area contributed by atoms with Crippen LogP contribution in [0.15, 0.2) is 24.8 Å².